The van der Waals surface area contributed by atoms with E-state index in [0.29, 0.717) is 16.8 Å². The number of ketones is 1. The van der Waals surface area contributed by atoms with Crippen LogP contribution in [-0.4, -0.2) is 35.3 Å². The SMILES string of the molecule is CC(=O)c1c(C)[nH]c(C(=O)OCC(=O)N2c3ccccc3C[C@@H]2C)c1C. The van der Waals surface area contributed by atoms with Gasteiger partial charge in [-0.1, -0.05) is 18.2 Å². The van der Waals surface area contributed by atoms with Crippen LogP contribution < -0.4 is 4.90 Å². The maximum absolute atomic E-state index is 12.6. The van der Waals surface area contributed by atoms with Crippen LogP contribution in [0, 0.1) is 13.8 Å². The van der Waals surface area contributed by atoms with Gasteiger partial charge in [0.05, 0.1) is 0 Å². The number of hydrogen-bond acceptors (Lipinski definition) is 4. The van der Waals surface area contributed by atoms with Crippen LogP contribution in [0.1, 0.15) is 51.5 Å². The van der Waals surface area contributed by atoms with Gasteiger partial charge in [0.2, 0.25) is 0 Å². The summed E-state index contributed by atoms with van der Waals surface area (Å²) < 4.78 is 5.22. The van der Waals surface area contributed by atoms with Crippen molar-refractivity contribution in [3.8, 4) is 0 Å². The third-order valence-corrected chi connectivity index (χ3v) is 4.80. The van der Waals surface area contributed by atoms with Crippen LogP contribution in [0.25, 0.3) is 0 Å². The standard InChI is InChI=1S/C20H22N2O4/c1-11-9-15-7-5-6-8-16(15)22(11)17(24)10-26-20(25)19-12(2)18(14(4)23)13(3)21-19/h5-8,11,21H,9-10H2,1-4H3/t11-/m0/s1. The molecule has 1 amide bonds. The Morgan fingerprint density at radius 2 is 1.92 bits per heavy atom. The molecule has 1 aromatic carbocycles. The van der Waals surface area contributed by atoms with Crippen LogP contribution in [-0.2, 0) is 16.0 Å². The molecule has 26 heavy (non-hydrogen) atoms. The number of nitrogens with zero attached hydrogens (tertiary/aromatic N) is 1. The topological polar surface area (TPSA) is 79.5 Å². The van der Waals surface area contributed by atoms with Crippen molar-refractivity contribution >= 4 is 23.3 Å². The van der Waals surface area contributed by atoms with E-state index in [2.05, 4.69) is 4.98 Å². The second-order valence-electron chi connectivity index (χ2n) is 6.70. The summed E-state index contributed by atoms with van der Waals surface area (Å²) in [6.45, 7) is 6.50. The van der Waals surface area contributed by atoms with Crippen molar-refractivity contribution in [1.29, 1.82) is 0 Å². The van der Waals surface area contributed by atoms with Gasteiger partial charge in [0.15, 0.2) is 12.4 Å². The van der Waals surface area contributed by atoms with Crippen LogP contribution >= 0.6 is 0 Å². The lowest BCUT2D eigenvalue weighted by molar-refractivity contribution is -0.122. The van der Waals surface area contributed by atoms with Crippen molar-refractivity contribution < 1.29 is 19.1 Å². The predicted molar refractivity (Wildman–Crippen MR) is 97.6 cm³/mol. The Morgan fingerprint density at radius 1 is 1.23 bits per heavy atom. The molecule has 2 aromatic rings. The van der Waals surface area contributed by atoms with E-state index in [1.165, 1.54) is 6.92 Å². The summed E-state index contributed by atoms with van der Waals surface area (Å²) in [5.74, 6) is -1.01. The summed E-state index contributed by atoms with van der Waals surface area (Å²) in [5.41, 5.74) is 3.86. The van der Waals surface area contributed by atoms with Crippen molar-refractivity contribution in [3.05, 3.63) is 52.3 Å². The molecule has 0 aliphatic carbocycles. The van der Waals surface area contributed by atoms with E-state index in [-0.39, 0.29) is 30.0 Å². The zero-order valence-corrected chi connectivity index (χ0v) is 15.4. The molecule has 2 heterocycles. The van der Waals surface area contributed by atoms with E-state index < -0.39 is 5.97 Å². The zero-order valence-electron chi connectivity index (χ0n) is 15.4. The number of H-pyrrole nitrogens is 1. The molecular weight excluding hydrogens is 332 g/mol. The number of carbonyl (C=O) groups is 3. The molecule has 1 N–H and O–H groups in total. The molecule has 1 aromatic heterocycles. The number of aromatic amines is 1. The van der Waals surface area contributed by atoms with Crippen LogP contribution in [0.4, 0.5) is 5.69 Å². The number of esters is 1. The fourth-order valence-corrected chi connectivity index (χ4v) is 3.70. The van der Waals surface area contributed by atoms with E-state index in [4.69, 9.17) is 4.74 Å². The lowest BCUT2D eigenvalue weighted by Gasteiger charge is -2.22. The molecule has 6 heteroatoms. The van der Waals surface area contributed by atoms with Gasteiger partial charge in [-0.3, -0.25) is 9.59 Å². The van der Waals surface area contributed by atoms with E-state index in [1.807, 2.05) is 31.2 Å². The molecule has 0 unspecified atom stereocenters. The second kappa shape index (κ2) is 6.78. The third-order valence-electron chi connectivity index (χ3n) is 4.80. The summed E-state index contributed by atoms with van der Waals surface area (Å²) in [5, 5.41) is 0. The lowest BCUT2D eigenvalue weighted by Crippen LogP contribution is -2.38. The third kappa shape index (κ3) is 3.03. The number of para-hydroxylation sites is 1. The molecule has 3 rings (SSSR count). The van der Waals surface area contributed by atoms with Crippen molar-refractivity contribution in [2.45, 2.75) is 40.2 Å². The smallest absolute Gasteiger partial charge is 0.355 e. The van der Waals surface area contributed by atoms with Gasteiger partial charge in [-0.05, 0) is 51.3 Å². The van der Waals surface area contributed by atoms with Crippen molar-refractivity contribution in [2.75, 3.05) is 11.5 Å². The molecule has 0 spiro atoms. The Bertz CT molecular complexity index is 897. The fraction of sp³-hybridized carbons (Fsp3) is 0.350. The second-order valence-corrected chi connectivity index (χ2v) is 6.70. The quantitative estimate of drug-likeness (QED) is 0.676. The van der Waals surface area contributed by atoms with Crippen molar-refractivity contribution in [3.63, 3.8) is 0 Å². The lowest BCUT2D eigenvalue weighted by atomic mass is 10.1. The molecule has 0 bridgehead atoms. The average Bonchev–Trinajstić information content (AvgIpc) is 3.07. The van der Waals surface area contributed by atoms with E-state index in [9.17, 15) is 14.4 Å². The predicted octanol–water partition coefficient (Wildman–Crippen LogP) is 2.97. The highest BCUT2D eigenvalue weighted by Crippen LogP contribution is 2.31. The van der Waals surface area contributed by atoms with E-state index in [0.717, 1.165) is 17.7 Å². The number of hydrogen-bond donors (Lipinski definition) is 1. The number of benzene rings is 1. The van der Waals surface area contributed by atoms with Gasteiger partial charge < -0.3 is 14.6 Å². The molecule has 0 fully saturated rings. The van der Waals surface area contributed by atoms with Crippen molar-refractivity contribution in [1.82, 2.24) is 4.98 Å². The highest BCUT2D eigenvalue weighted by molar-refractivity contribution is 6.02. The number of Topliss-reactive ketones (excluding diaryl/α,β-unsaturated/α-hetero) is 1. The monoisotopic (exact) mass is 354 g/mol. The van der Waals surface area contributed by atoms with Crippen molar-refractivity contribution in [2.24, 2.45) is 0 Å². The number of amides is 1. The van der Waals surface area contributed by atoms with Gasteiger partial charge in [0.1, 0.15) is 5.69 Å². The van der Waals surface area contributed by atoms with E-state index >= 15 is 0 Å². The largest absolute Gasteiger partial charge is 0.451 e. The number of aromatic nitrogens is 1. The molecule has 1 aliphatic rings. The highest BCUT2D eigenvalue weighted by atomic mass is 16.5. The van der Waals surface area contributed by atoms with Crippen LogP contribution in [0.3, 0.4) is 0 Å². The number of fused-ring (bicyclic) bond motifs is 1. The van der Waals surface area contributed by atoms with Gasteiger partial charge in [-0.2, -0.15) is 0 Å². The summed E-state index contributed by atoms with van der Waals surface area (Å²) in [4.78, 5) is 41.2. The van der Waals surface area contributed by atoms with Gasteiger partial charge >= 0.3 is 5.97 Å². The molecule has 0 saturated carbocycles. The minimum Gasteiger partial charge on any atom is -0.451 e. The first kappa shape index (κ1) is 17.9. The van der Waals surface area contributed by atoms with Gasteiger partial charge in [-0.25, -0.2) is 4.79 Å². The number of aryl methyl sites for hydroxylation is 1. The molecule has 0 saturated heterocycles. The first-order valence-electron chi connectivity index (χ1n) is 8.58. The van der Waals surface area contributed by atoms with Crippen LogP contribution in [0.2, 0.25) is 0 Å². The minimum absolute atomic E-state index is 0.0254. The Morgan fingerprint density at radius 3 is 2.58 bits per heavy atom. The first-order chi connectivity index (χ1) is 12.3. The molecule has 1 aliphatic heterocycles. The number of rotatable bonds is 4. The summed E-state index contributed by atoms with van der Waals surface area (Å²) in [7, 11) is 0. The maximum Gasteiger partial charge on any atom is 0.355 e. The number of carbonyl (C=O) groups excluding carboxylic acids is 3. The molecule has 1 atom stereocenters. The van der Waals surface area contributed by atoms with Crippen LogP contribution in [0.5, 0.6) is 0 Å². The van der Waals surface area contributed by atoms with Gasteiger partial charge in [0, 0.05) is 23.0 Å². The fourth-order valence-electron chi connectivity index (χ4n) is 3.70. The van der Waals surface area contributed by atoms with Gasteiger partial charge in [-0.15, -0.1) is 0 Å². The Kier molecular flexibility index (Phi) is 4.68. The maximum atomic E-state index is 12.6. The van der Waals surface area contributed by atoms with E-state index in [1.54, 1.807) is 18.7 Å². The molecule has 136 valence electrons. The minimum atomic E-state index is -0.633. The number of anilines is 1. The Hall–Kier alpha value is -2.89. The Labute approximate surface area is 152 Å². The molecule has 6 nitrogen and oxygen atoms in total. The molecular formula is C20H22N2O4. The average molecular weight is 354 g/mol. The number of ether oxygens (including phenoxy) is 1. The summed E-state index contributed by atoms with van der Waals surface area (Å²) >= 11 is 0. The zero-order chi connectivity index (χ0) is 19.0. The normalized spacial score (nSPS) is 15.7. The first-order valence-corrected chi connectivity index (χ1v) is 8.58. The number of nitrogens with one attached hydrogen (secondary N) is 1. The Balaban J connectivity index is 1.72. The molecule has 0 radical (unpaired) electrons. The van der Waals surface area contributed by atoms with Crippen LogP contribution in [0.15, 0.2) is 24.3 Å². The summed E-state index contributed by atoms with van der Waals surface area (Å²) in [6.07, 6.45) is 0.784. The summed E-state index contributed by atoms with van der Waals surface area (Å²) in [6, 6.07) is 7.76. The van der Waals surface area contributed by atoms with Gasteiger partial charge in [0.25, 0.3) is 5.91 Å². The highest BCUT2D eigenvalue weighted by Gasteiger charge is 2.31.